The van der Waals surface area contributed by atoms with Crippen LogP contribution in [0.1, 0.15) is 36.0 Å². The number of piperidine rings is 1. The van der Waals surface area contributed by atoms with Crippen molar-refractivity contribution >= 4 is 17.7 Å². The number of likely N-dealkylation sites (N-methyl/N-ethyl adjacent to an activating group) is 1. The number of hydrogen-bond acceptors (Lipinski definition) is 3. The number of rotatable bonds is 3. The Balaban J connectivity index is 1.68. The molecule has 2 unspecified atom stereocenters. The molecule has 7 heteroatoms. The van der Waals surface area contributed by atoms with E-state index in [0.717, 1.165) is 12.8 Å². The normalized spacial score (nSPS) is 22.6. The Morgan fingerprint density at radius 1 is 1.04 bits per heavy atom. The average Bonchev–Trinajstić information content (AvgIpc) is 3.16. The molecule has 3 amide bonds. The number of nitrogens with zero attached hydrogens (tertiary/aromatic N) is 3. The predicted octanol–water partition coefficient (Wildman–Crippen LogP) is 1.76. The highest BCUT2D eigenvalue weighted by Gasteiger charge is 2.39. The summed E-state index contributed by atoms with van der Waals surface area (Å²) < 4.78 is 13.1. The lowest BCUT2D eigenvalue weighted by Crippen LogP contribution is -2.51. The van der Waals surface area contributed by atoms with Gasteiger partial charge in [-0.05, 0) is 49.9 Å². The van der Waals surface area contributed by atoms with Crippen molar-refractivity contribution in [2.24, 2.45) is 5.92 Å². The maximum Gasteiger partial charge on any atom is 0.253 e. The Bertz CT molecular complexity index is 720. The molecule has 0 N–H and O–H groups in total. The molecule has 2 heterocycles. The monoisotopic (exact) mass is 375 g/mol. The van der Waals surface area contributed by atoms with Gasteiger partial charge in [0.2, 0.25) is 11.8 Å². The lowest BCUT2D eigenvalue weighted by atomic mass is 9.95. The summed E-state index contributed by atoms with van der Waals surface area (Å²) in [7, 11) is 3.40. The van der Waals surface area contributed by atoms with Crippen molar-refractivity contribution in [1.29, 1.82) is 0 Å². The van der Waals surface area contributed by atoms with Gasteiger partial charge in [0.15, 0.2) is 0 Å². The summed E-state index contributed by atoms with van der Waals surface area (Å²) in [6, 6.07) is 5.07. The minimum atomic E-state index is -0.393. The van der Waals surface area contributed by atoms with Gasteiger partial charge in [-0.2, -0.15) is 0 Å². The van der Waals surface area contributed by atoms with Crippen molar-refractivity contribution in [3.8, 4) is 0 Å². The number of likely N-dealkylation sites (tertiary alicyclic amines) is 2. The van der Waals surface area contributed by atoms with Crippen LogP contribution in [0.2, 0.25) is 0 Å². The molecular weight excluding hydrogens is 349 g/mol. The molecule has 6 nitrogen and oxygen atoms in total. The van der Waals surface area contributed by atoms with Crippen LogP contribution in [0.15, 0.2) is 24.3 Å². The van der Waals surface area contributed by atoms with E-state index >= 15 is 0 Å². The standard InChI is InChI=1S/C20H26FN3O3/c1-22(2)20(27)17-6-4-12-24(17)19(26)15-5-3-11-23(13-15)18(25)14-7-9-16(21)10-8-14/h7-10,15,17H,3-6,11-13H2,1-2H3. The quantitative estimate of drug-likeness (QED) is 0.809. The van der Waals surface area contributed by atoms with E-state index in [9.17, 15) is 18.8 Å². The molecule has 1 aromatic carbocycles. The van der Waals surface area contributed by atoms with Crippen LogP contribution in [0.25, 0.3) is 0 Å². The molecule has 2 saturated heterocycles. The molecule has 2 aliphatic rings. The molecule has 0 bridgehead atoms. The van der Waals surface area contributed by atoms with Gasteiger partial charge in [0.1, 0.15) is 11.9 Å². The number of amides is 3. The van der Waals surface area contributed by atoms with E-state index in [4.69, 9.17) is 0 Å². The second-order valence-corrected chi connectivity index (χ2v) is 7.52. The van der Waals surface area contributed by atoms with Crippen molar-refractivity contribution < 1.29 is 18.8 Å². The van der Waals surface area contributed by atoms with Gasteiger partial charge in [-0.3, -0.25) is 14.4 Å². The van der Waals surface area contributed by atoms with Gasteiger partial charge in [0.05, 0.1) is 5.92 Å². The fourth-order valence-corrected chi connectivity index (χ4v) is 3.96. The van der Waals surface area contributed by atoms with Crippen molar-refractivity contribution in [3.05, 3.63) is 35.6 Å². The zero-order valence-corrected chi connectivity index (χ0v) is 15.9. The second kappa shape index (κ2) is 8.06. The topological polar surface area (TPSA) is 60.9 Å². The maximum atomic E-state index is 13.1. The summed E-state index contributed by atoms with van der Waals surface area (Å²) in [6.07, 6.45) is 2.96. The number of carbonyl (C=O) groups excluding carboxylic acids is 3. The van der Waals surface area contributed by atoms with Crippen LogP contribution >= 0.6 is 0 Å². The summed E-state index contributed by atoms with van der Waals surface area (Å²) in [4.78, 5) is 43.0. The van der Waals surface area contributed by atoms with Gasteiger partial charge >= 0.3 is 0 Å². The van der Waals surface area contributed by atoms with Crippen molar-refractivity contribution in [1.82, 2.24) is 14.7 Å². The smallest absolute Gasteiger partial charge is 0.253 e. The van der Waals surface area contributed by atoms with Gasteiger partial charge in [0, 0.05) is 39.3 Å². The Morgan fingerprint density at radius 3 is 2.37 bits per heavy atom. The summed E-state index contributed by atoms with van der Waals surface area (Å²) >= 11 is 0. The Morgan fingerprint density at radius 2 is 1.70 bits per heavy atom. The minimum absolute atomic E-state index is 0.0377. The minimum Gasteiger partial charge on any atom is -0.347 e. The van der Waals surface area contributed by atoms with Crippen LogP contribution in [0.4, 0.5) is 4.39 Å². The second-order valence-electron chi connectivity index (χ2n) is 7.52. The molecule has 2 aliphatic heterocycles. The first-order chi connectivity index (χ1) is 12.9. The molecule has 0 aromatic heterocycles. The summed E-state index contributed by atoms with van der Waals surface area (Å²) in [5, 5.41) is 0. The lowest BCUT2D eigenvalue weighted by molar-refractivity contribution is -0.145. The molecule has 0 aliphatic carbocycles. The van der Waals surface area contributed by atoms with Crippen molar-refractivity contribution in [2.45, 2.75) is 31.7 Å². The van der Waals surface area contributed by atoms with Crippen LogP contribution in [-0.2, 0) is 9.59 Å². The summed E-state index contributed by atoms with van der Waals surface area (Å²) in [5.41, 5.74) is 0.423. The number of hydrogen-bond donors (Lipinski definition) is 0. The molecule has 2 atom stereocenters. The Labute approximate surface area is 158 Å². The van der Waals surface area contributed by atoms with Crippen LogP contribution in [-0.4, -0.2) is 72.2 Å². The third-order valence-electron chi connectivity index (χ3n) is 5.41. The highest BCUT2D eigenvalue weighted by Crippen LogP contribution is 2.26. The summed E-state index contributed by atoms with van der Waals surface area (Å²) in [5.74, 6) is -0.947. The number of halogens is 1. The van der Waals surface area contributed by atoms with E-state index in [1.54, 1.807) is 23.9 Å². The SMILES string of the molecule is CN(C)C(=O)C1CCCN1C(=O)C1CCCN(C(=O)c2ccc(F)cc2)C1. The molecule has 0 spiro atoms. The molecule has 0 saturated carbocycles. The molecular formula is C20H26FN3O3. The van der Waals surface area contributed by atoms with Crippen LogP contribution in [0, 0.1) is 11.7 Å². The zero-order chi connectivity index (χ0) is 19.6. The van der Waals surface area contributed by atoms with Crippen LogP contribution in [0.5, 0.6) is 0 Å². The van der Waals surface area contributed by atoms with Crippen LogP contribution in [0.3, 0.4) is 0 Å². The third kappa shape index (κ3) is 4.12. The van der Waals surface area contributed by atoms with E-state index in [-0.39, 0.29) is 29.5 Å². The Hall–Kier alpha value is -2.44. The van der Waals surface area contributed by atoms with Gasteiger partial charge < -0.3 is 14.7 Å². The zero-order valence-electron chi connectivity index (χ0n) is 15.9. The molecule has 2 fully saturated rings. The first-order valence-electron chi connectivity index (χ1n) is 9.45. The highest BCUT2D eigenvalue weighted by atomic mass is 19.1. The predicted molar refractivity (Wildman–Crippen MR) is 98.5 cm³/mol. The molecule has 0 radical (unpaired) electrons. The fraction of sp³-hybridized carbons (Fsp3) is 0.550. The Kier molecular flexibility index (Phi) is 5.77. The first kappa shape index (κ1) is 19.3. The van der Waals surface area contributed by atoms with Gasteiger partial charge in [-0.15, -0.1) is 0 Å². The third-order valence-corrected chi connectivity index (χ3v) is 5.41. The number of carbonyl (C=O) groups is 3. The van der Waals surface area contributed by atoms with Gasteiger partial charge in [0.25, 0.3) is 5.91 Å². The van der Waals surface area contributed by atoms with E-state index in [1.165, 1.54) is 29.2 Å². The number of benzene rings is 1. The van der Waals surface area contributed by atoms with Crippen molar-refractivity contribution in [2.75, 3.05) is 33.7 Å². The largest absolute Gasteiger partial charge is 0.347 e. The molecule has 27 heavy (non-hydrogen) atoms. The van der Waals surface area contributed by atoms with Gasteiger partial charge in [-0.25, -0.2) is 4.39 Å². The van der Waals surface area contributed by atoms with Crippen molar-refractivity contribution in [3.63, 3.8) is 0 Å². The van der Waals surface area contributed by atoms with E-state index in [2.05, 4.69) is 0 Å². The van der Waals surface area contributed by atoms with Crippen LogP contribution < -0.4 is 0 Å². The summed E-state index contributed by atoms with van der Waals surface area (Å²) in [6.45, 7) is 1.51. The molecule has 3 rings (SSSR count). The fourth-order valence-electron chi connectivity index (χ4n) is 3.96. The lowest BCUT2D eigenvalue weighted by Gasteiger charge is -2.35. The van der Waals surface area contributed by atoms with E-state index in [0.29, 0.717) is 38.0 Å². The maximum absolute atomic E-state index is 13.1. The molecule has 146 valence electrons. The molecule has 1 aromatic rings. The highest BCUT2D eigenvalue weighted by molar-refractivity contribution is 5.95. The first-order valence-corrected chi connectivity index (χ1v) is 9.45. The van der Waals surface area contributed by atoms with E-state index < -0.39 is 6.04 Å². The average molecular weight is 375 g/mol. The van der Waals surface area contributed by atoms with E-state index in [1.807, 2.05) is 0 Å². The van der Waals surface area contributed by atoms with Gasteiger partial charge in [-0.1, -0.05) is 0 Å².